The zero-order valence-electron chi connectivity index (χ0n) is 15.1. The van der Waals surface area contributed by atoms with Crippen LogP contribution in [0, 0.1) is 6.92 Å². The van der Waals surface area contributed by atoms with Crippen LogP contribution in [0.1, 0.15) is 5.56 Å². The van der Waals surface area contributed by atoms with Gasteiger partial charge in [-0.15, -0.1) is 0 Å². The molecule has 3 aromatic rings. The summed E-state index contributed by atoms with van der Waals surface area (Å²) < 4.78 is 6.86. The van der Waals surface area contributed by atoms with Crippen LogP contribution in [0.2, 0.25) is 0 Å². The van der Waals surface area contributed by atoms with Crippen LogP contribution >= 0.6 is 0 Å². The summed E-state index contributed by atoms with van der Waals surface area (Å²) in [5.74, 6) is 0.437. The minimum atomic E-state index is -0.245. The molecule has 0 radical (unpaired) electrons. The Kier molecular flexibility index (Phi) is 5.99. The minimum absolute atomic E-state index is 0.0722. The van der Waals surface area contributed by atoms with E-state index in [0.29, 0.717) is 18.0 Å². The SMILES string of the molecule is Cc1ccccc1OCC(=O)NCCn1nc(-c2ccccc2)ccc1=O. The number of benzene rings is 2. The van der Waals surface area contributed by atoms with Crippen LogP contribution in [0.5, 0.6) is 5.75 Å². The second-order valence-electron chi connectivity index (χ2n) is 6.05. The Morgan fingerprint density at radius 3 is 2.56 bits per heavy atom. The molecule has 0 aliphatic rings. The van der Waals surface area contributed by atoms with E-state index >= 15 is 0 Å². The number of nitrogens with zero attached hydrogens (tertiary/aromatic N) is 2. The average molecular weight is 363 g/mol. The molecule has 1 aromatic heterocycles. The molecule has 6 heteroatoms. The lowest BCUT2D eigenvalue weighted by molar-refractivity contribution is -0.123. The molecule has 0 bridgehead atoms. The molecular weight excluding hydrogens is 342 g/mol. The van der Waals surface area contributed by atoms with Crippen molar-refractivity contribution in [2.24, 2.45) is 0 Å². The summed E-state index contributed by atoms with van der Waals surface area (Å²) in [6, 6.07) is 20.3. The van der Waals surface area contributed by atoms with E-state index in [2.05, 4.69) is 10.4 Å². The Morgan fingerprint density at radius 2 is 1.78 bits per heavy atom. The van der Waals surface area contributed by atoms with E-state index in [1.165, 1.54) is 10.7 Å². The summed E-state index contributed by atoms with van der Waals surface area (Å²) in [6.45, 7) is 2.43. The molecule has 1 heterocycles. The highest BCUT2D eigenvalue weighted by atomic mass is 16.5. The predicted molar refractivity (Wildman–Crippen MR) is 104 cm³/mol. The van der Waals surface area contributed by atoms with Crippen molar-refractivity contribution in [2.45, 2.75) is 13.5 Å². The first-order valence-electron chi connectivity index (χ1n) is 8.72. The summed E-state index contributed by atoms with van der Waals surface area (Å²) in [6.07, 6.45) is 0. The summed E-state index contributed by atoms with van der Waals surface area (Å²) >= 11 is 0. The summed E-state index contributed by atoms with van der Waals surface area (Å²) in [5.41, 5.74) is 2.41. The standard InChI is InChI=1S/C21H21N3O3/c1-16-7-5-6-10-19(16)27-15-20(25)22-13-14-24-21(26)12-11-18(23-24)17-8-3-2-4-9-17/h2-12H,13-15H2,1H3,(H,22,25). The summed E-state index contributed by atoms with van der Waals surface area (Å²) in [5, 5.41) is 7.11. The van der Waals surface area contributed by atoms with Gasteiger partial charge in [0.05, 0.1) is 12.2 Å². The lowest BCUT2D eigenvalue weighted by Gasteiger charge is -2.10. The normalized spacial score (nSPS) is 10.4. The minimum Gasteiger partial charge on any atom is -0.484 e. The Morgan fingerprint density at radius 1 is 1.04 bits per heavy atom. The number of carbonyl (C=O) groups is 1. The number of hydrogen-bond acceptors (Lipinski definition) is 4. The van der Waals surface area contributed by atoms with Gasteiger partial charge in [-0.1, -0.05) is 48.5 Å². The maximum Gasteiger partial charge on any atom is 0.266 e. The third-order valence-corrected chi connectivity index (χ3v) is 4.03. The van der Waals surface area contributed by atoms with E-state index in [9.17, 15) is 9.59 Å². The Hall–Kier alpha value is -3.41. The van der Waals surface area contributed by atoms with Gasteiger partial charge in [0, 0.05) is 18.2 Å². The maximum absolute atomic E-state index is 12.0. The number of amides is 1. The molecule has 0 spiro atoms. The van der Waals surface area contributed by atoms with Crippen LogP contribution in [0.25, 0.3) is 11.3 Å². The topological polar surface area (TPSA) is 73.2 Å². The number of ether oxygens (including phenoxy) is 1. The van der Waals surface area contributed by atoms with Gasteiger partial charge in [0.25, 0.3) is 11.5 Å². The molecule has 0 saturated carbocycles. The number of rotatable bonds is 7. The maximum atomic E-state index is 12.0. The van der Waals surface area contributed by atoms with Gasteiger partial charge < -0.3 is 10.1 Å². The van der Waals surface area contributed by atoms with Gasteiger partial charge in [-0.05, 0) is 24.6 Å². The van der Waals surface area contributed by atoms with Gasteiger partial charge in [-0.3, -0.25) is 9.59 Å². The lowest BCUT2D eigenvalue weighted by Crippen LogP contribution is -2.34. The molecule has 1 amide bonds. The van der Waals surface area contributed by atoms with Crippen LogP contribution in [0.15, 0.2) is 71.5 Å². The van der Waals surface area contributed by atoms with Gasteiger partial charge in [-0.25, -0.2) is 4.68 Å². The van der Waals surface area contributed by atoms with Crippen molar-refractivity contribution in [2.75, 3.05) is 13.2 Å². The number of nitrogens with one attached hydrogen (secondary N) is 1. The molecule has 0 aliphatic carbocycles. The molecule has 3 rings (SSSR count). The van der Waals surface area contributed by atoms with Crippen LogP contribution < -0.4 is 15.6 Å². The molecule has 2 aromatic carbocycles. The first-order valence-corrected chi connectivity index (χ1v) is 8.72. The lowest BCUT2D eigenvalue weighted by atomic mass is 10.1. The molecule has 6 nitrogen and oxygen atoms in total. The van der Waals surface area contributed by atoms with Gasteiger partial charge >= 0.3 is 0 Å². The molecule has 27 heavy (non-hydrogen) atoms. The van der Waals surface area contributed by atoms with Gasteiger partial charge in [0.1, 0.15) is 5.75 Å². The van der Waals surface area contributed by atoms with Crippen LogP contribution in [0.4, 0.5) is 0 Å². The fourth-order valence-electron chi connectivity index (χ4n) is 2.59. The zero-order chi connectivity index (χ0) is 19.1. The second kappa shape index (κ2) is 8.80. The molecule has 0 saturated heterocycles. The summed E-state index contributed by atoms with van der Waals surface area (Å²) in [4.78, 5) is 23.9. The van der Waals surface area contributed by atoms with Crippen molar-refractivity contribution >= 4 is 5.91 Å². The Bertz CT molecular complexity index is 968. The molecule has 0 fully saturated rings. The molecule has 0 aliphatic heterocycles. The molecule has 138 valence electrons. The number of aromatic nitrogens is 2. The molecule has 0 atom stereocenters. The predicted octanol–water partition coefficient (Wildman–Crippen LogP) is 2.41. The van der Waals surface area contributed by atoms with Crippen molar-refractivity contribution in [3.63, 3.8) is 0 Å². The largest absolute Gasteiger partial charge is 0.484 e. The van der Waals surface area contributed by atoms with E-state index in [1.54, 1.807) is 6.07 Å². The van der Waals surface area contributed by atoms with Crippen molar-refractivity contribution in [3.05, 3.63) is 82.6 Å². The number of hydrogen-bond donors (Lipinski definition) is 1. The van der Waals surface area contributed by atoms with Crippen LogP contribution in [-0.4, -0.2) is 28.8 Å². The quantitative estimate of drug-likeness (QED) is 0.700. The number of para-hydroxylation sites is 1. The van der Waals surface area contributed by atoms with Crippen molar-refractivity contribution in [1.29, 1.82) is 0 Å². The Balaban J connectivity index is 1.53. The molecule has 0 unspecified atom stereocenters. The highest BCUT2D eigenvalue weighted by molar-refractivity contribution is 5.77. The van der Waals surface area contributed by atoms with Crippen molar-refractivity contribution in [1.82, 2.24) is 15.1 Å². The van der Waals surface area contributed by atoms with Gasteiger partial charge in [-0.2, -0.15) is 5.10 Å². The monoisotopic (exact) mass is 363 g/mol. The van der Waals surface area contributed by atoms with Crippen molar-refractivity contribution in [3.8, 4) is 17.0 Å². The fourth-order valence-corrected chi connectivity index (χ4v) is 2.59. The number of aryl methyl sites for hydroxylation is 1. The smallest absolute Gasteiger partial charge is 0.266 e. The van der Waals surface area contributed by atoms with Crippen LogP contribution in [0.3, 0.4) is 0 Å². The van der Waals surface area contributed by atoms with Gasteiger partial charge in [0.15, 0.2) is 6.61 Å². The summed E-state index contributed by atoms with van der Waals surface area (Å²) in [7, 11) is 0. The van der Waals surface area contributed by atoms with Crippen LogP contribution in [-0.2, 0) is 11.3 Å². The molecular formula is C21H21N3O3. The zero-order valence-corrected chi connectivity index (χ0v) is 15.1. The molecule has 1 N–H and O–H groups in total. The van der Waals surface area contributed by atoms with Crippen molar-refractivity contribution < 1.29 is 9.53 Å². The third kappa shape index (κ3) is 5.04. The van der Waals surface area contributed by atoms with E-state index in [0.717, 1.165) is 11.1 Å². The highest BCUT2D eigenvalue weighted by Crippen LogP contribution is 2.16. The second-order valence-corrected chi connectivity index (χ2v) is 6.05. The van der Waals surface area contributed by atoms with Gasteiger partial charge in [0.2, 0.25) is 0 Å². The van der Waals surface area contributed by atoms with E-state index in [1.807, 2.05) is 61.5 Å². The average Bonchev–Trinajstić information content (AvgIpc) is 2.69. The highest BCUT2D eigenvalue weighted by Gasteiger charge is 2.06. The third-order valence-electron chi connectivity index (χ3n) is 4.03. The Labute approximate surface area is 157 Å². The number of carbonyl (C=O) groups excluding carboxylic acids is 1. The van der Waals surface area contributed by atoms with E-state index in [-0.39, 0.29) is 24.6 Å². The first kappa shape index (κ1) is 18.4. The fraction of sp³-hybridized carbons (Fsp3) is 0.190. The first-order chi connectivity index (χ1) is 13.1. The van der Waals surface area contributed by atoms with E-state index < -0.39 is 0 Å². The van der Waals surface area contributed by atoms with E-state index in [4.69, 9.17) is 4.74 Å².